The van der Waals surface area contributed by atoms with Crippen molar-refractivity contribution in [3.8, 4) is 5.82 Å². The molecule has 0 unspecified atom stereocenters. The van der Waals surface area contributed by atoms with E-state index in [1.165, 1.54) is 19.3 Å². The zero-order valence-corrected chi connectivity index (χ0v) is 16.9. The number of carbonyl (C=O) groups is 1. The molecule has 7 rings (SSSR count). The lowest BCUT2D eigenvalue weighted by molar-refractivity contribution is -0.158. The average molecular weight is 392 g/mol. The van der Waals surface area contributed by atoms with Crippen LogP contribution in [-0.4, -0.2) is 51.8 Å². The minimum Gasteiger partial charge on any atom is -0.352 e. The maximum absolute atomic E-state index is 13.5. The highest BCUT2D eigenvalue weighted by Crippen LogP contribution is 2.60. The number of hydrogen-bond acceptors (Lipinski definition) is 4. The van der Waals surface area contributed by atoms with Crippen molar-refractivity contribution in [1.82, 2.24) is 19.7 Å². The molecule has 5 fully saturated rings. The molecule has 2 aromatic rings. The first-order chi connectivity index (χ1) is 14.2. The Morgan fingerprint density at radius 1 is 0.828 bits per heavy atom. The third-order valence-corrected chi connectivity index (χ3v) is 7.89. The molecule has 29 heavy (non-hydrogen) atoms. The van der Waals surface area contributed by atoms with Gasteiger partial charge in [0.05, 0.1) is 5.41 Å². The van der Waals surface area contributed by atoms with Crippen LogP contribution in [0.1, 0.15) is 38.5 Å². The summed E-state index contributed by atoms with van der Waals surface area (Å²) < 4.78 is 1.96. The SMILES string of the molecule is O=C(N1CCN(c2ccc(-n3cccc3)nn2)CC1)C12CC3CC(CC(C3)C1)C2. The summed E-state index contributed by atoms with van der Waals surface area (Å²) in [5, 5.41) is 8.80. The second-order valence-corrected chi connectivity index (χ2v) is 9.82. The van der Waals surface area contributed by atoms with Crippen LogP contribution in [-0.2, 0) is 4.79 Å². The molecule has 1 amide bonds. The van der Waals surface area contributed by atoms with Crippen molar-refractivity contribution in [3.63, 3.8) is 0 Å². The van der Waals surface area contributed by atoms with Crippen molar-refractivity contribution >= 4 is 11.7 Å². The van der Waals surface area contributed by atoms with E-state index in [9.17, 15) is 4.79 Å². The van der Waals surface area contributed by atoms with Crippen molar-refractivity contribution in [2.75, 3.05) is 31.1 Å². The Balaban J connectivity index is 1.11. The van der Waals surface area contributed by atoms with Gasteiger partial charge >= 0.3 is 0 Å². The van der Waals surface area contributed by atoms with Crippen LogP contribution in [0.25, 0.3) is 5.82 Å². The van der Waals surface area contributed by atoms with Gasteiger partial charge in [0.15, 0.2) is 11.6 Å². The fourth-order valence-electron chi connectivity index (χ4n) is 6.96. The smallest absolute Gasteiger partial charge is 0.228 e. The molecular weight excluding hydrogens is 362 g/mol. The molecule has 4 bridgehead atoms. The number of nitrogens with zero attached hydrogens (tertiary/aromatic N) is 5. The molecule has 3 heterocycles. The third-order valence-electron chi connectivity index (χ3n) is 7.89. The normalized spacial score (nSPS) is 33.3. The number of aromatic nitrogens is 3. The zero-order valence-electron chi connectivity index (χ0n) is 16.9. The second kappa shape index (κ2) is 6.57. The van der Waals surface area contributed by atoms with Gasteiger partial charge in [-0.15, -0.1) is 10.2 Å². The molecule has 5 aliphatic rings. The molecular formula is C23H29N5O. The summed E-state index contributed by atoms with van der Waals surface area (Å²) in [5.74, 6) is 4.66. The van der Waals surface area contributed by atoms with Crippen molar-refractivity contribution < 1.29 is 4.79 Å². The molecule has 0 aromatic carbocycles. The van der Waals surface area contributed by atoms with E-state index in [1.54, 1.807) is 0 Å². The highest BCUT2D eigenvalue weighted by atomic mass is 16.2. The number of anilines is 1. The van der Waals surface area contributed by atoms with Crippen molar-refractivity contribution in [2.45, 2.75) is 38.5 Å². The predicted molar refractivity (Wildman–Crippen MR) is 111 cm³/mol. The molecule has 0 radical (unpaired) electrons. The number of amides is 1. The van der Waals surface area contributed by atoms with Crippen LogP contribution >= 0.6 is 0 Å². The van der Waals surface area contributed by atoms with Gasteiger partial charge < -0.3 is 14.4 Å². The van der Waals surface area contributed by atoms with Gasteiger partial charge in [-0.25, -0.2) is 0 Å². The topological polar surface area (TPSA) is 54.3 Å². The van der Waals surface area contributed by atoms with E-state index in [-0.39, 0.29) is 5.41 Å². The van der Waals surface area contributed by atoms with E-state index < -0.39 is 0 Å². The summed E-state index contributed by atoms with van der Waals surface area (Å²) in [6.07, 6.45) is 11.6. The molecule has 1 aliphatic heterocycles. The van der Waals surface area contributed by atoms with E-state index in [1.807, 2.05) is 41.2 Å². The third kappa shape index (κ3) is 2.95. The summed E-state index contributed by atoms with van der Waals surface area (Å²) in [4.78, 5) is 18.0. The summed E-state index contributed by atoms with van der Waals surface area (Å²) in [5.41, 5.74) is -0.0187. The first kappa shape index (κ1) is 17.5. The molecule has 6 nitrogen and oxygen atoms in total. The Bertz CT molecular complexity index is 847. The lowest BCUT2D eigenvalue weighted by Crippen LogP contribution is -2.58. The van der Waals surface area contributed by atoms with E-state index in [2.05, 4.69) is 20.0 Å². The van der Waals surface area contributed by atoms with Crippen LogP contribution in [0, 0.1) is 23.2 Å². The van der Waals surface area contributed by atoms with Gasteiger partial charge in [0.25, 0.3) is 0 Å². The van der Waals surface area contributed by atoms with Gasteiger partial charge in [0, 0.05) is 38.6 Å². The van der Waals surface area contributed by atoms with E-state index in [4.69, 9.17) is 0 Å². The number of carbonyl (C=O) groups excluding carboxylic acids is 1. The molecule has 4 saturated carbocycles. The molecule has 0 N–H and O–H groups in total. The Labute approximate surface area is 171 Å². The van der Waals surface area contributed by atoms with E-state index >= 15 is 0 Å². The van der Waals surface area contributed by atoms with Crippen molar-refractivity contribution in [3.05, 3.63) is 36.7 Å². The first-order valence-corrected chi connectivity index (χ1v) is 11.2. The van der Waals surface area contributed by atoms with Crippen LogP contribution in [0.15, 0.2) is 36.7 Å². The Morgan fingerprint density at radius 3 is 1.93 bits per heavy atom. The van der Waals surface area contributed by atoms with Crippen LogP contribution < -0.4 is 4.90 Å². The molecule has 4 aliphatic carbocycles. The summed E-state index contributed by atoms with van der Waals surface area (Å²) >= 11 is 0. The Hall–Kier alpha value is -2.37. The number of rotatable bonds is 3. The maximum Gasteiger partial charge on any atom is 0.228 e. The Kier molecular flexibility index (Phi) is 3.96. The standard InChI is InChI=1S/C23H29N5O/c29-22(23-14-17-11-18(15-23)13-19(12-17)16-23)28-9-7-27(8-10-28)21-4-3-20(24-25-21)26-5-1-2-6-26/h1-6,17-19H,7-16H2. The zero-order chi connectivity index (χ0) is 19.4. The number of piperazine rings is 1. The molecule has 0 spiro atoms. The monoisotopic (exact) mass is 391 g/mol. The highest BCUT2D eigenvalue weighted by Gasteiger charge is 2.55. The van der Waals surface area contributed by atoms with Gasteiger partial charge in [0.2, 0.25) is 5.91 Å². The summed E-state index contributed by atoms with van der Waals surface area (Å²) in [6, 6.07) is 8.01. The number of hydrogen-bond donors (Lipinski definition) is 0. The van der Waals surface area contributed by atoms with Crippen LogP contribution in [0.4, 0.5) is 5.82 Å². The van der Waals surface area contributed by atoms with Gasteiger partial charge in [-0.1, -0.05) is 0 Å². The minimum absolute atomic E-state index is 0.0187. The lowest BCUT2D eigenvalue weighted by Gasteiger charge is -2.57. The van der Waals surface area contributed by atoms with Crippen molar-refractivity contribution in [1.29, 1.82) is 0 Å². The highest BCUT2D eigenvalue weighted by molar-refractivity contribution is 5.83. The fraction of sp³-hybridized carbons (Fsp3) is 0.609. The first-order valence-electron chi connectivity index (χ1n) is 11.2. The van der Waals surface area contributed by atoms with Crippen molar-refractivity contribution in [2.24, 2.45) is 23.2 Å². The van der Waals surface area contributed by atoms with E-state index in [0.717, 1.165) is 74.8 Å². The van der Waals surface area contributed by atoms with Gasteiger partial charge in [-0.2, -0.15) is 0 Å². The molecule has 0 atom stereocenters. The quantitative estimate of drug-likeness (QED) is 0.807. The van der Waals surface area contributed by atoms with Crippen LogP contribution in [0.5, 0.6) is 0 Å². The minimum atomic E-state index is -0.0187. The van der Waals surface area contributed by atoms with Crippen LogP contribution in [0.3, 0.4) is 0 Å². The summed E-state index contributed by atoms with van der Waals surface area (Å²) in [7, 11) is 0. The fourth-order valence-corrected chi connectivity index (χ4v) is 6.96. The van der Waals surface area contributed by atoms with Gasteiger partial charge in [-0.3, -0.25) is 4.79 Å². The lowest BCUT2D eigenvalue weighted by atomic mass is 9.49. The predicted octanol–water partition coefficient (Wildman–Crippen LogP) is 3.13. The molecule has 6 heteroatoms. The van der Waals surface area contributed by atoms with Gasteiger partial charge in [-0.05, 0) is 80.5 Å². The molecule has 152 valence electrons. The van der Waals surface area contributed by atoms with E-state index in [0.29, 0.717) is 5.91 Å². The maximum atomic E-state index is 13.5. The molecule has 2 aromatic heterocycles. The average Bonchev–Trinajstić information content (AvgIpc) is 3.27. The summed E-state index contributed by atoms with van der Waals surface area (Å²) in [6.45, 7) is 3.30. The second-order valence-electron chi connectivity index (χ2n) is 9.82. The van der Waals surface area contributed by atoms with Crippen LogP contribution in [0.2, 0.25) is 0 Å². The largest absolute Gasteiger partial charge is 0.352 e. The Morgan fingerprint density at radius 2 is 1.38 bits per heavy atom. The van der Waals surface area contributed by atoms with Gasteiger partial charge in [0.1, 0.15) is 0 Å². The molecule has 1 saturated heterocycles.